The lowest BCUT2D eigenvalue weighted by Crippen LogP contribution is -2.47. The van der Waals surface area contributed by atoms with Gasteiger partial charge in [0.15, 0.2) is 5.41 Å². The van der Waals surface area contributed by atoms with Crippen molar-refractivity contribution >= 4 is 17.6 Å². The lowest BCUT2D eigenvalue weighted by Gasteiger charge is -2.27. The number of aliphatic carboxylic acids is 1. The molecule has 0 radical (unpaired) electrons. The number of hydrogen-bond acceptors (Lipinski definition) is 2. The molecule has 7 heteroatoms. The van der Waals surface area contributed by atoms with Crippen molar-refractivity contribution in [2.24, 2.45) is 5.41 Å². The maximum Gasteiger partial charge on any atom is 0.406 e. The molecule has 1 N–H and O–H groups in total. The molecular weight excluding hydrogens is 295 g/mol. The summed E-state index contributed by atoms with van der Waals surface area (Å²) in [7, 11) is 0. The molecule has 3 nitrogen and oxygen atoms in total. The van der Waals surface area contributed by atoms with Crippen molar-refractivity contribution in [3.8, 4) is 0 Å². The largest absolute Gasteiger partial charge is 0.481 e. The van der Waals surface area contributed by atoms with Crippen LogP contribution in [0, 0.1) is 5.41 Å². The minimum absolute atomic E-state index is 0.0804. The van der Waals surface area contributed by atoms with Crippen LogP contribution >= 0.6 is 11.6 Å². The molecule has 2 rings (SSSR count). The minimum atomic E-state index is -4.76. The number of likely N-dealkylation sites (tertiary alicyclic amines) is 1. The normalized spacial score (nSPS) is 24.0. The van der Waals surface area contributed by atoms with Gasteiger partial charge in [0.2, 0.25) is 0 Å². The second-order valence-electron chi connectivity index (χ2n) is 4.94. The first-order valence-corrected chi connectivity index (χ1v) is 6.40. The third-order valence-corrected chi connectivity index (χ3v) is 4.02. The van der Waals surface area contributed by atoms with Gasteiger partial charge < -0.3 is 5.11 Å². The molecule has 1 unspecified atom stereocenters. The fraction of sp³-hybridized carbons (Fsp3) is 0.462. The van der Waals surface area contributed by atoms with Crippen LogP contribution in [0.4, 0.5) is 13.2 Å². The van der Waals surface area contributed by atoms with Gasteiger partial charge in [0.1, 0.15) is 0 Å². The van der Waals surface area contributed by atoms with E-state index in [1.165, 1.54) is 4.90 Å². The molecule has 0 spiro atoms. The van der Waals surface area contributed by atoms with E-state index in [4.69, 9.17) is 16.7 Å². The summed E-state index contributed by atoms with van der Waals surface area (Å²) >= 11 is 5.96. The zero-order valence-electron chi connectivity index (χ0n) is 10.5. The summed E-state index contributed by atoms with van der Waals surface area (Å²) < 4.78 is 39.1. The molecule has 1 aliphatic rings. The Morgan fingerprint density at radius 1 is 1.40 bits per heavy atom. The van der Waals surface area contributed by atoms with E-state index in [1.54, 1.807) is 24.3 Å². The van der Waals surface area contributed by atoms with Crippen LogP contribution in [0.1, 0.15) is 12.0 Å². The monoisotopic (exact) mass is 307 g/mol. The summed E-state index contributed by atoms with van der Waals surface area (Å²) in [6.45, 7) is -0.251. The topological polar surface area (TPSA) is 40.5 Å². The SMILES string of the molecule is O=C(O)C1(C(F)(F)F)CCN(Cc2ccccc2Cl)C1. The minimum Gasteiger partial charge on any atom is -0.481 e. The Hall–Kier alpha value is -1.27. The van der Waals surface area contributed by atoms with Crippen molar-refractivity contribution in [3.63, 3.8) is 0 Å². The van der Waals surface area contributed by atoms with Crippen LogP contribution in [-0.2, 0) is 11.3 Å². The molecule has 1 aromatic rings. The number of nitrogens with zero attached hydrogens (tertiary/aromatic N) is 1. The quantitative estimate of drug-likeness (QED) is 0.932. The highest BCUT2D eigenvalue weighted by Crippen LogP contribution is 2.46. The summed E-state index contributed by atoms with van der Waals surface area (Å²) in [6, 6.07) is 6.84. The van der Waals surface area contributed by atoms with Crippen molar-refractivity contribution in [2.45, 2.75) is 19.1 Å². The number of halogens is 4. The molecule has 110 valence electrons. The summed E-state index contributed by atoms with van der Waals surface area (Å²) in [5.41, 5.74) is -1.98. The van der Waals surface area contributed by atoms with E-state index >= 15 is 0 Å². The van der Waals surface area contributed by atoms with Gasteiger partial charge in [-0.05, 0) is 18.1 Å². The Morgan fingerprint density at radius 2 is 2.05 bits per heavy atom. The van der Waals surface area contributed by atoms with Gasteiger partial charge in [0.25, 0.3) is 0 Å². The number of alkyl halides is 3. The average molecular weight is 308 g/mol. The average Bonchev–Trinajstić information content (AvgIpc) is 2.77. The Kier molecular flexibility index (Phi) is 3.97. The summed E-state index contributed by atoms with van der Waals surface area (Å²) in [5.74, 6) is -1.81. The highest BCUT2D eigenvalue weighted by Gasteiger charge is 2.63. The zero-order chi connectivity index (χ0) is 15.0. The van der Waals surface area contributed by atoms with Crippen LogP contribution in [0.2, 0.25) is 5.02 Å². The number of benzene rings is 1. The molecular formula is C13H13ClF3NO2. The predicted molar refractivity (Wildman–Crippen MR) is 67.5 cm³/mol. The van der Waals surface area contributed by atoms with Crippen LogP contribution in [0.15, 0.2) is 24.3 Å². The van der Waals surface area contributed by atoms with Gasteiger partial charge in [-0.15, -0.1) is 0 Å². The van der Waals surface area contributed by atoms with Crippen LogP contribution < -0.4 is 0 Å². The first-order chi connectivity index (χ1) is 9.26. The summed E-state index contributed by atoms with van der Waals surface area (Å²) in [4.78, 5) is 12.5. The first kappa shape index (κ1) is 15.1. The molecule has 0 saturated carbocycles. The molecule has 1 aromatic carbocycles. The van der Waals surface area contributed by atoms with Gasteiger partial charge in [-0.25, -0.2) is 0 Å². The standard InChI is InChI=1S/C13H13ClF3NO2/c14-10-4-2-1-3-9(10)7-18-6-5-12(8-18,11(19)20)13(15,16)17/h1-4H,5-8H2,(H,19,20). The van der Waals surface area contributed by atoms with Gasteiger partial charge in [0, 0.05) is 24.7 Å². The molecule has 20 heavy (non-hydrogen) atoms. The van der Waals surface area contributed by atoms with Crippen LogP contribution in [0.5, 0.6) is 0 Å². The van der Waals surface area contributed by atoms with Gasteiger partial charge in [0.05, 0.1) is 0 Å². The molecule has 0 amide bonds. The van der Waals surface area contributed by atoms with Crippen LogP contribution in [-0.4, -0.2) is 35.2 Å². The highest BCUT2D eigenvalue weighted by molar-refractivity contribution is 6.31. The van der Waals surface area contributed by atoms with Crippen molar-refractivity contribution in [1.82, 2.24) is 4.90 Å². The second kappa shape index (κ2) is 5.26. The number of rotatable bonds is 3. The van der Waals surface area contributed by atoms with Crippen LogP contribution in [0.3, 0.4) is 0 Å². The first-order valence-electron chi connectivity index (χ1n) is 6.02. The molecule has 1 aliphatic heterocycles. The summed E-state index contributed by atoms with van der Waals surface area (Å²) in [6.07, 6.45) is -5.19. The molecule has 1 atom stereocenters. The maximum absolute atomic E-state index is 13.0. The van der Waals surface area contributed by atoms with Crippen molar-refractivity contribution in [2.75, 3.05) is 13.1 Å². The Labute approximate surface area is 118 Å². The van der Waals surface area contributed by atoms with E-state index in [0.717, 1.165) is 0 Å². The van der Waals surface area contributed by atoms with Gasteiger partial charge >= 0.3 is 12.1 Å². The number of carboxylic acid groups (broad SMARTS) is 1. The molecule has 1 saturated heterocycles. The number of hydrogen-bond donors (Lipinski definition) is 1. The smallest absolute Gasteiger partial charge is 0.406 e. The summed E-state index contributed by atoms with van der Waals surface area (Å²) in [5, 5.41) is 9.43. The Morgan fingerprint density at radius 3 is 2.55 bits per heavy atom. The fourth-order valence-electron chi connectivity index (χ4n) is 2.42. The third-order valence-electron chi connectivity index (χ3n) is 3.65. The zero-order valence-corrected chi connectivity index (χ0v) is 11.2. The fourth-order valence-corrected chi connectivity index (χ4v) is 2.61. The van der Waals surface area contributed by atoms with Gasteiger partial charge in [-0.3, -0.25) is 9.69 Å². The lowest BCUT2D eigenvalue weighted by atomic mass is 9.86. The van der Waals surface area contributed by atoms with Gasteiger partial charge in [-0.1, -0.05) is 29.8 Å². The van der Waals surface area contributed by atoms with Crippen molar-refractivity contribution < 1.29 is 23.1 Å². The van der Waals surface area contributed by atoms with Gasteiger partial charge in [-0.2, -0.15) is 13.2 Å². The van der Waals surface area contributed by atoms with E-state index in [-0.39, 0.29) is 13.1 Å². The van der Waals surface area contributed by atoms with E-state index in [1.807, 2.05) is 0 Å². The van der Waals surface area contributed by atoms with E-state index in [0.29, 0.717) is 10.6 Å². The predicted octanol–water partition coefficient (Wildman–Crippen LogP) is 3.18. The Bertz CT molecular complexity index is 521. The molecule has 1 heterocycles. The molecule has 0 aliphatic carbocycles. The highest BCUT2D eigenvalue weighted by atomic mass is 35.5. The maximum atomic E-state index is 13.0. The van der Waals surface area contributed by atoms with Crippen molar-refractivity contribution in [1.29, 1.82) is 0 Å². The van der Waals surface area contributed by atoms with E-state index in [2.05, 4.69) is 0 Å². The van der Waals surface area contributed by atoms with E-state index in [9.17, 15) is 18.0 Å². The second-order valence-corrected chi connectivity index (χ2v) is 5.34. The molecule has 0 aromatic heterocycles. The van der Waals surface area contributed by atoms with E-state index < -0.39 is 30.5 Å². The lowest BCUT2D eigenvalue weighted by molar-refractivity contribution is -0.227. The Balaban J connectivity index is 2.16. The molecule has 1 fully saturated rings. The van der Waals surface area contributed by atoms with Crippen molar-refractivity contribution in [3.05, 3.63) is 34.9 Å². The third kappa shape index (κ3) is 2.62. The van der Waals surface area contributed by atoms with Crippen LogP contribution in [0.25, 0.3) is 0 Å². The number of carbonyl (C=O) groups is 1. The molecule has 0 bridgehead atoms. The number of carboxylic acids is 1.